The lowest BCUT2D eigenvalue weighted by Crippen LogP contribution is -1.86. The van der Waals surface area contributed by atoms with E-state index in [0.717, 1.165) is 16.4 Å². The maximum absolute atomic E-state index is 4.53. The number of thiazole rings is 1. The number of hydrogen-bond acceptors (Lipinski definition) is 4. The average molecular weight is 267 g/mol. The number of nitrogens with one attached hydrogen (secondary N) is 1. The van der Waals surface area contributed by atoms with Gasteiger partial charge in [-0.05, 0) is 29.3 Å². The van der Waals surface area contributed by atoms with E-state index in [0.29, 0.717) is 0 Å². The van der Waals surface area contributed by atoms with Crippen molar-refractivity contribution < 1.29 is 0 Å². The Balaban J connectivity index is 2.00. The van der Waals surface area contributed by atoms with Crippen LogP contribution < -0.4 is 5.32 Å². The van der Waals surface area contributed by atoms with Crippen molar-refractivity contribution in [3.05, 3.63) is 54.2 Å². The standard InChI is InChI=1S/C15H13N3S/c1-16-15-18-14(10-19-15)13-4-2-3-12(9-13)11-5-7-17-8-6-11/h2-10H,1H3,(H,16,18). The van der Waals surface area contributed by atoms with E-state index < -0.39 is 0 Å². The Bertz CT molecular complexity index is 677. The minimum atomic E-state index is 0.935. The Morgan fingerprint density at radius 3 is 2.53 bits per heavy atom. The summed E-state index contributed by atoms with van der Waals surface area (Å²) in [6.45, 7) is 0. The molecule has 3 nitrogen and oxygen atoms in total. The van der Waals surface area contributed by atoms with Gasteiger partial charge in [-0.25, -0.2) is 4.98 Å². The van der Waals surface area contributed by atoms with E-state index in [1.54, 1.807) is 11.3 Å². The van der Waals surface area contributed by atoms with Gasteiger partial charge in [0.15, 0.2) is 5.13 Å². The molecule has 0 aliphatic carbocycles. The van der Waals surface area contributed by atoms with Gasteiger partial charge in [0, 0.05) is 30.4 Å². The van der Waals surface area contributed by atoms with E-state index in [9.17, 15) is 0 Å². The van der Waals surface area contributed by atoms with Gasteiger partial charge in [-0.1, -0.05) is 18.2 Å². The second-order valence-electron chi connectivity index (χ2n) is 4.10. The first-order valence-electron chi connectivity index (χ1n) is 6.01. The van der Waals surface area contributed by atoms with Gasteiger partial charge in [0.2, 0.25) is 0 Å². The lowest BCUT2D eigenvalue weighted by atomic mass is 10.0. The summed E-state index contributed by atoms with van der Waals surface area (Å²) in [6, 6.07) is 12.4. The number of pyridine rings is 1. The highest BCUT2D eigenvalue weighted by Gasteiger charge is 2.05. The summed E-state index contributed by atoms with van der Waals surface area (Å²) in [5, 5.41) is 6.06. The lowest BCUT2D eigenvalue weighted by molar-refractivity contribution is 1.33. The number of aromatic nitrogens is 2. The van der Waals surface area contributed by atoms with Crippen LogP contribution in [0.5, 0.6) is 0 Å². The van der Waals surface area contributed by atoms with Crippen LogP contribution in [0.4, 0.5) is 5.13 Å². The van der Waals surface area contributed by atoms with Gasteiger partial charge in [-0.15, -0.1) is 11.3 Å². The van der Waals surface area contributed by atoms with Crippen LogP contribution in [0.2, 0.25) is 0 Å². The smallest absolute Gasteiger partial charge is 0.182 e. The SMILES string of the molecule is CNc1nc(-c2cccc(-c3ccncc3)c2)cs1. The minimum Gasteiger partial charge on any atom is -0.365 e. The molecule has 1 aromatic carbocycles. The molecule has 0 saturated carbocycles. The summed E-state index contributed by atoms with van der Waals surface area (Å²) < 4.78 is 0. The molecular weight excluding hydrogens is 254 g/mol. The van der Waals surface area contributed by atoms with Gasteiger partial charge in [0.1, 0.15) is 0 Å². The monoisotopic (exact) mass is 267 g/mol. The van der Waals surface area contributed by atoms with E-state index in [1.165, 1.54) is 11.1 Å². The third-order valence-corrected chi connectivity index (χ3v) is 3.75. The first-order valence-corrected chi connectivity index (χ1v) is 6.89. The Morgan fingerprint density at radius 2 is 1.79 bits per heavy atom. The number of rotatable bonds is 3. The van der Waals surface area contributed by atoms with Crippen molar-refractivity contribution in [2.24, 2.45) is 0 Å². The van der Waals surface area contributed by atoms with Crippen LogP contribution in [0.15, 0.2) is 54.2 Å². The first kappa shape index (κ1) is 11.9. The zero-order valence-electron chi connectivity index (χ0n) is 10.5. The van der Waals surface area contributed by atoms with Gasteiger partial charge < -0.3 is 5.32 Å². The second kappa shape index (κ2) is 5.20. The van der Waals surface area contributed by atoms with E-state index in [1.807, 2.05) is 31.6 Å². The molecule has 0 spiro atoms. The van der Waals surface area contributed by atoms with Gasteiger partial charge >= 0.3 is 0 Å². The molecule has 0 radical (unpaired) electrons. The summed E-state index contributed by atoms with van der Waals surface area (Å²) in [5.74, 6) is 0. The van der Waals surface area contributed by atoms with Crippen LogP contribution in [0.25, 0.3) is 22.4 Å². The van der Waals surface area contributed by atoms with Crippen LogP contribution in [0, 0.1) is 0 Å². The largest absolute Gasteiger partial charge is 0.365 e. The number of anilines is 1. The van der Waals surface area contributed by atoms with Gasteiger partial charge in [0.05, 0.1) is 5.69 Å². The van der Waals surface area contributed by atoms with Crippen molar-refractivity contribution >= 4 is 16.5 Å². The normalized spacial score (nSPS) is 10.4. The molecule has 1 N–H and O–H groups in total. The molecule has 2 aromatic heterocycles. The molecule has 0 bridgehead atoms. The molecule has 0 unspecified atom stereocenters. The Labute approximate surface area is 116 Å². The lowest BCUT2D eigenvalue weighted by Gasteiger charge is -2.03. The third-order valence-electron chi connectivity index (χ3n) is 2.89. The molecule has 3 rings (SSSR count). The van der Waals surface area contributed by atoms with Crippen molar-refractivity contribution in [2.45, 2.75) is 0 Å². The number of hydrogen-bond donors (Lipinski definition) is 1. The van der Waals surface area contributed by atoms with Gasteiger partial charge in [-0.2, -0.15) is 0 Å². The number of benzene rings is 1. The third kappa shape index (κ3) is 2.48. The summed E-state index contributed by atoms with van der Waals surface area (Å²) >= 11 is 1.61. The summed E-state index contributed by atoms with van der Waals surface area (Å²) in [4.78, 5) is 8.58. The van der Waals surface area contributed by atoms with Crippen molar-refractivity contribution in [2.75, 3.05) is 12.4 Å². The highest BCUT2D eigenvalue weighted by Crippen LogP contribution is 2.28. The van der Waals surface area contributed by atoms with Crippen molar-refractivity contribution in [1.29, 1.82) is 0 Å². The zero-order valence-corrected chi connectivity index (χ0v) is 11.3. The Kier molecular flexibility index (Phi) is 3.25. The molecule has 4 heteroatoms. The van der Waals surface area contributed by atoms with Crippen LogP contribution >= 0.6 is 11.3 Å². The van der Waals surface area contributed by atoms with E-state index in [4.69, 9.17) is 0 Å². The number of nitrogens with zero attached hydrogens (tertiary/aromatic N) is 2. The molecule has 0 atom stereocenters. The van der Waals surface area contributed by atoms with E-state index in [2.05, 4.69) is 44.9 Å². The fourth-order valence-electron chi connectivity index (χ4n) is 1.92. The Hall–Kier alpha value is -2.20. The van der Waals surface area contributed by atoms with Crippen LogP contribution in [-0.2, 0) is 0 Å². The van der Waals surface area contributed by atoms with Crippen molar-refractivity contribution in [1.82, 2.24) is 9.97 Å². The van der Waals surface area contributed by atoms with Gasteiger partial charge in [0.25, 0.3) is 0 Å². The van der Waals surface area contributed by atoms with Crippen molar-refractivity contribution in [3.8, 4) is 22.4 Å². The minimum absolute atomic E-state index is 0.935. The molecule has 94 valence electrons. The molecule has 0 amide bonds. The van der Waals surface area contributed by atoms with E-state index >= 15 is 0 Å². The quantitative estimate of drug-likeness (QED) is 0.781. The molecule has 0 saturated heterocycles. The van der Waals surface area contributed by atoms with Gasteiger partial charge in [-0.3, -0.25) is 4.98 Å². The van der Waals surface area contributed by atoms with Crippen molar-refractivity contribution in [3.63, 3.8) is 0 Å². The summed E-state index contributed by atoms with van der Waals surface area (Å²) in [7, 11) is 1.88. The molecular formula is C15H13N3S. The Morgan fingerprint density at radius 1 is 1.00 bits per heavy atom. The summed E-state index contributed by atoms with van der Waals surface area (Å²) in [6.07, 6.45) is 3.62. The first-order chi connectivity index (χ1) is 9.36. The molecule has 2 heterocycles. The van der Waals surface area contributed by atoms with Crippen LogP contribution in [0.1, 0.15) is 0 Å². The molecule has 0 aliphatic rings. The molecule has 0 aliphatic heterocycles. The highest BCUT2D eigenvalue weighted by molar-refractivity contribution is 7.14. The molecule has 19 heavy (non-hydrogen) atoms. The van der Waals surface area contributed by atoms with Crippen LogP contribution in [-0.4, -0.2) is 17.0 Å². The van der Waals surface area contributed by atoms with E-state index in [-0.39, 0.29) is 0 Å². The fraction of sp³-hybridized carbons (Fsp3) is 0.0667. The molecule has 3 aromatic rings. The predicted molar refractivity (Wildman–Crippen MR) is 80.3 cm³/mol. The predicted octanol–water partition coefficient (Wildman–Crippen LogP) is 3.91. The fourth-order valence-corrected chi connectivity index (χ4v) is 2.60. The zero-order chi connectivity index (χ0) is 13.1. The summed E-state index contributed by atoms with van der Waals surface area (Å²) in [5.41, 5.74) is 4.48. The maximum Gasteiger partial charge on any atom is 0.182 e. The topological polar surface area (TPSA) is 37.8 Å². The highest BCUT2D eigenvalue weighted by atomic mass is 32.1. The second-order valence-corrected chi connectivity index (χ2v) is 4.96. The molecule has 0 fully saturated rings. The average Bonchev–Trinajstić information content (AvgIpc) is 2.97. The maximum atomic E-state index is 4.53. The van der Waals surface area contributed by atoms with Crippen LogP contribution in [0.3, 0.4) is 0 Å².